The zero-order valence-electron chi connectivity index (χ0n) is 9.61. The highest BCUT2D eigenvalue weighted by molar-refractivity contribution is 4.98. The lowest BCUT2D eigenvalue weighted by Gasteiger charge is -2.22. The number of aromatic nitrogens is 3. The molecule has 0 aromatic carbocycles. The molecular weight excluding hydrogens is 188 g/mol. The molecule has 2 rings (SSSR count). The van der Waals surface area contributed by atoms with E-state index in [2.05, 4.69) is 33.9 Å². The van der Waals surface area contributed by atoms with Crippen molar-refractivity contribution < 1.29 is 0 Å². The Labute approximate surface area is 91.1 Å². The summed E-state index contributed by atoms with van der Waals surface area (Å²) in [5, 5.41) is 7.70. The Morgan fingerprint density at radius 2 is 2.20 bits per heavy atom. The van der Waals surface area contributed by atoms with E-state index in [0.29, 0.717) is 11.8 Å². The highest BCUT2D eigenvalue weighted by atomic mass is 15.3. The van der Waals surface area contributed by atoms with E-state index in [9.17, 15) is 0 Å². The average Bonchev–Trinajstić information content (AvgIpc) is 2.66. The van der Waals surface area contributed by atoms with Crippen LogP contribution in [0.3, 0.4) is 0 Å². The topological polar surface area (TPSA) is 42.7 Å². The molecule has 1 N–H and O–H groups in total. The van der Waals surface area contributed by atoms with Crippen LogP contribution in [-0.2, 0) is 6.54 Å². The van der Waals surface area contributed by atoms with E-state index >= 15 is 0 Å². The Morgan fingerprint density at radius 1 is 1.47 bits per heavy atom. The lowest BCUT2D eigenvalue weighted by molar-refractivity contribution is 0.399. The van der Waals surface area contributed by atoms with Crippen LogP contribution in [0.25, 0.3) is 0 Å². The first-order chi connectivity index (χ1) is 7.27. The van der Waals surface area contributed by atoms with Gasteiger partial charge in [0.2, 0.25) is 0 Å². The first-order valence-electron chi connectivity index (χ1n) is 5.86. The van der Waals surface area contributed by atoms with Gasteiger partial charge in [-0.05, 0) is 31.8 Å². The maximum Gasteiger partial charge on any atom is 0.138 e. The van der Waals surface area contributed by atoms with Gasteiger partial charge in [-0.1, -0.05) is 13.8 Å². The smallest absolute Gasteiger partial charge is 0.138 e. The van der Waals surface area contributed by atoms with E-state index in [1.807, 2.05) is 0 Å². The second kappa shape index (κ2) is 4.75. The molecule has 0 spiro atoms. The number of nitrogens with one attached hydrogen (secondary N) is 1. The molecule has 0 bridgehead atoms. The molecule has 0 saturated carbocycles. The Morgan fingerprint density at radius 3 is 2.87 bits per heavy atom. The van der Waals surface area contributed by atoms with Crippen molar-refractivity contribution in [2.45, 2.75) is 39.2 Å². The minimum absolute atomic E-state index is 0.604. The van der Waals surface area contributed by atoms with Gasteiger partial charge < -0.3 is 5.32 Å². The van der Waals surface area contributed by atoms with Crippen molar-refractivity contribution in [1.29, 1.82) is 0 Å². The number of hydrogen-bond acceptors (Lipinski definition) is 3. The molecule has 0 unspecified atom stereocenters. The molecule has 1 aliphatic rings. The standard InChI is InChI=1S/C11H20N4/c1-9(2)7-15-11(13-8-14-15)10-3-5-12-6-4-10/h8-10,12H,3-7H2,1-2H3. The van der Waals surface area contributed by atoms with E-state index in [4.69, 9.17) is 0 Å². The van der Waals surface area contributed by atoms with Crippen molar-refractivity contribution in [3.05, 3.63) is 12.2 Å². The van der Waals surface area contributed by atoms with Gasteiger partial charge in [-0.15, -0.1) is 0 Å². The molecule has 1 saturated heterocycles. The van der Waals surface area contributed by atoms with Gasteiger partial charge in [0.05, 0.1) is 0 Å². The summed E-state index contributed by atoms with van der Waals surface area (Å²) in [5.74, 6) is 2.42. The summed E-state index contributed by atoms with van der Waals surface area (Å²) in [7, 11) is 0. The van der Waals surface area contributed by atoms with Crippen LogP contribution in [0.2, 0.25) is 0 Å². The molecule has 84 valence electrons. The Hall–Kier alpha value is -0.900. The van der Waals surface area contributed by atoms with Gasteiger partial charge in [0.1, 0.15) is 12.2 Å². The predicted octanol–water partition coefficient (Wildman–Crippen LogP) is 1.40. The minimum Gasteiger partial charge on any atom is -0.317 e. The van der Waals surface area contributed by atoms with Gasteiger partial charge in [0, 0.05) is 12.5 Å². The number of hydrogen-bond donors (Lipinski definition) is 1. The Kier molecular flexibility index (Phi) is 3.36. The number of nitrogens with zero attached hydrogens (tertiary/aromatic N) is 3. The molecule has 1 aromatic rings. The van der Waals surface area contributed by atoms with Crippen LogP contribution in [-0.4, -0.2) is 27.9 Å². The van der Waals surface area contributed by atoms with Crippen LogP contribution in [0.1, 0.15) is 38.4 Å². The molecule has 15 heavy (non-hydrogen) atoms. The van der Waals surface area contributed by atoms with E-state index < -0.39 is 0 Å². The molecule has 2 heterocycles. The SMILES string of the molecule is CC(C)Cn1ncnc1C1CCNCC1. The maximum atomic E-state index is 4.42. The monoisotopic (exact) mass is 208 g/mol. The van der Waals surface area contributed by atoms with Crippen molar-refractivity contribution in [3.63, 3.8) is 0 Å². The lowest BCUT2D eigenvalue weighted by atomic mass is 9.97. The molecular formula is C11H20N4. The van der Waals surface area contributed by atoms with Gasteiger partial charge in [0.15, 0.2) is 0 Å². The van der Waals surface area contributed by atoms with Crippen molar-refractivity contribution in [2.24, 2.45) is 5.92 Å². The number of piperidine rings is 1. The van der Waals surface area contributed by atoms with E-state index in [1.165, 1.54) is 18.7 Å². The summed E-state index contributed by atoms with van der Waals surface area (Å²) in [6, 6.07) is 0. The summed E-state index contributed by atoms with van der Waals surface area (Å²) in [6.07, 6.45) is 4.08. The van der Waals surface area contributed by atoms with Crippen LogP contribution in [0.4, 0.5) is 0 Å². The quantitative estimate of drug-likeness (QED) is 0.816. The van der Waals surface area contributed by atoms with Crippen LogP contribution >= 0.6 is 0 Å². The largest absolute Gasteiger partial charge is 0.317 e. The Bertz CT molecular complexity index is 299. The molecule has 4 heteroatoms. The molecule has 0 radical (unpaired) electrons. The second-order valence-electron chi connectivity index (χ2n) is 4.72. The molecule has 1 aliphatic heterocycles. The Balaban J connectivity index is 2.09. The molecule has 4 nitrogen and oxygen atoms in total. The first-order valence-corrected chi connectivity index (χ1v) is 5.86. The van der Waals surface area contributed by atoms with Crippen LogP contribution in [0.15, 0.2) is 6.33 Å². The summed E-state index contributed by atoms with van der Waals surface area (Å²) in [6.45, 7) is 7.64. The third-order valence-electron chi connectivity index (χ3n) is 2.89. The van der Waals surface area contributed by atoms with E-state index in [0.717, 1.165) is 19.6 Å². The minimum atomic E-state index is 0.604. The maximum absolute atomic E-state index is 4.42. The van der Waals surface area contributed by atoms with Gasteiger partial charge in [-0.2, -0.15) is 5.10 Å². The number of rotatable bonds is 3. The van der Waals surface area contributed by atoms with Gasteiger partial charge in [-0.3, -0.25) is 0 Å². The summed E-state index contributed by atoms with van der Waals surface area (Å²) in [4.78, 5) is 4.42. The lowest BCUT2D eigenvalue weighted by Crippen LogP contribution is -2.28. The second-order valence-corrected chi connectivity index (χ2v) is 4.72. The average molecular weight is 208 g/mol. The predicted molar refractivity (Wildman–Crippen MR) is 59.7 cm³/mol. The van der Waals surface area contributed by atoms with Crippen LogP contribution < -0.4 is 5.32 Å². The fourth-order valence-corrected chi connectivity index (χ4v) is 2.16. The summed E-state index contributed by atoms with van der Waals surface area (Å²) < 4.78 is 2.08. The van der Waals surface area contributed by atoms with Gasteiger partial charge in [0.25, 0.3) is 0 Å². The zero-order valence-corrected chi connectivity index (χ0v) is 9.61. The van der Waals surface area contributed by atoms with Gasteiger partial charge in [-0.25, -0.2) is 9.67 Å². The molecule has 0 amide bonds. The molecule has 0 aliphatic carbocycles. The van der Waals surface area contributed by atoms with Crippen molar-refractivity contribution in [1.82, 2.24) is 20.1 Å². The fourth-order valence-electron chi connectivity index (χ4n) is 2.16. The van der Waals surface area contributed by atoms with E-state index in [1.54, 1.807) is 6.33 Å². The van der Waals surface area contributed by atoms with Crippen LogP contribution in [0, 0.1) is 5.92 Å². The van der Waals surface area contributed by atoms with E-state index in [-0.39, 0.29) is 0 Å². The zero-order chi connectivity index (χ0) is 10.7. The first kappa shape index (κ1) is 10.6. The summed E-state index contributed by atoms with van der Waals surface area (Å²) >= 11 is 0. The van der Waals surface area contributed by atoms with Crippen molar-refractivity contribution in [3.8, 4) is 0 Å². The molecule has 1 aromatic heterocycles. The third kappa shape index (κ3) is 2.56. The fraction of sp³-hybridized carbons (Fsp3) is 0.818. The third-order valence-corrected chi connectivity index (χ3v) is 2.89. The van der Waals surface area contributed by atoms with Crippen molar-refractivity contribution in [2.75, 3.05) is 13.1 Å². The highest BCUT2D eigenvalue weighted by Gasteiger charge is 2.20. The van der Waals surface area contributed by atoms with Gasteiger partial charge >= 0.3 is 0 Å². The highest BCUT2D eigenvalue weighted by Crippen LogP contribution is 2.23. The normalized spacial score (nSPS) is 18.6. The van der Waals surface area contributed by atoms with Crippen molar-refractivity contribution >= 4 is 0 Å². The van der Waals surface area contributed by atoms with Crippen LogP contribution in [0.5, 0.6) is 0 Å². The summed E-state index contributed by atoms with van der Waals surface area (Å²) in [5.41, 5.74) is 0. The molecule has 1 fully saturated rings. The molecule has 0 atom stereocenters.